The van der Waals surface area contributed by atoms with E-state index in [9.17, 15) is 0 Å². The topological polar surface area (TPSA) is 12.9 Å². The van der Waals surface area contributed by atoms with Crippen LogP contribution in [0.2, 0.25) is 0 Å². The van der Waals surface area contributed by atoms with Gasteiger partial charge in [0.15, 0.2) is 0 Å². The van der Waals surface area contributed by atoms with Gasteiger partial charge in [-0.1, -0.05) is 84.9 Å². The molecular weight excluding hydrogens is 478 g/mol. The van der Waals surface area contributed by atoms with E-state index in [1.807, 2.05) is 17.5 Å². The average Bonchev–Trinajstić information content (AvgIpc) is 3.21. The van der Waals surface area contributed by atoms with Crippen molar-refractivity contribution in [2.45, 2.75) is 80.6 Å². The van der Waals surface area contributed by atoms with Gasteiger partial charge in [0.05, 0.1) is 10.4 Å². The molecule has 0 saturated carbocycles. The predicted octanol–water partition coefficient (Wildman–Crippen LogP) is 11.2. The molecule has 0 radical (unpaired) electrons. The van der Waals surface area contributed by atoms with E-state index in [-0.39, 0.29) is 5.41 Å². The normalized spacial score (nSPS) is 12.4. The molecule has 1 nitrogen and oxygen atoms in total. The number of fused-ring (bicyclic) bond motifs is 2. The lowest BCUT2D eigenvalue weighted by Gasteiger charge is -2.21. The van der Waals surface area contributed by atoms with Crippen LogP contribution < -0.4 is 0 Å². The number of hydrogen-bond acceptors (Lipinski definition) is 2. The quantitative estimate of drug-likeness (QED) is 0.225. The molecular formula is C36H41NS. The van der Waals surface area contributed by atoms with Crippen molar-refractivity contribution in [2.75, 3.05) is 0 Å². The SMILES string of the molecule is Cc1cc(CC(C)(C)C)cc(C)c1-c1sc2c(-c3cc(C(C)C)c4ccccc4c3)nccc2c1C(C)C. The van der Waals surface area contributed by atoms with Crippen LogP contribution >= 0.6 is 11.3 Å². The zero-order chi connectivity index (χ0) is 27.4. The first-order valence-electron chi connectivity index (χ1n) is 14.0. The molecule has 0 amide bonds. The number of pyridine rings is 1. The van der Waals surface area contributed by atoms with E-state index >= 15 is 0 Å². The van der Waals surface area contributed by atoms with Crippen molar-refractivity contribution < 1.29 is 0 Å². The zero-order valence-electron chi connectivity index (χ0n) is 24.5. The van der Waals surface area contributed by atoms with Gasteiger partial charge in [0.25, 0.3) is 0 Å². The summed E-state index contributed by atoms with van der Waals surface area (Å²) in [7, 11) is 0. The maximum atomic E-state index is 5.00. The molecule has 0 bridgehead atoms. The predicted molar refractivity (Wildman–Crippen MR) is 169 cm³/mol. The van der Waals surface area contributed by atoms with Gasteiger partial charge in [-0.3, -0.25) is 4.98 Å². The number of nitrogens with zero attached hydrogens (tertiary/aromatic N) is 1. The highest BCUT2D eigenvalue weighted by atomic mass is 32.1. The van der Waals surface area contributed by atoms with Gasteiger partial charge in [-0.05, 0) is 99.9 Å². The fourth-order valence-electron chi connectivity index (χ4n) is 6.09. The summed E-state index contributed by atoms with van der Waals surface area (Å²) in [4.78, 5) is 6.41. The Morgan fingerprint density at radius 2 is 1.50 bits per heavy atom. The van der Waals surface area contributed by atoms with Gasteiger partial charge >= 0.3 is 0 Å². The molecule has 0 atom stereocenters. The molecule has 38 heavy (non-hydrogen) atoms. The number of rotatable bonds is 5. The summed E-state index contributed by atoms with van der Waals surface area (Å²) in [5, 5.41) is 3.98. The minimum Gasteiger partial charge on any atom is -0.255 e. The van der Waals surface area contributed by atoms with Gasteiger partial charge in [0.1, 0.15) is 0 Å². The minimum absolute atomic E-state index is 0.274. The van der Waals surface area contributed by atoms with E-state index in [4.69, 9.17) is 4.98 Å². The smallest absolute Gasteiger partial charge is 0.0880 e. The van der Waals surface area contributed by atoms with Crippen LogP contribution in [0.25, 0.3) is 42.6 Å². The Kier molecular flexibility index (Phi) is 6.99. The van der Waals surface area contributed by atoms with Gasteiger partial charge in [-0.25, -0.2) is 0 Å². The fourth-order valence-corrected chi connectivity index (χ4v) is 7.73. The molecule has 0 fully saturated rings. The third-order valence-electron chi connectivity index (χ3n) is 7.56. The molecule has 0 saturated heterocycles. The Bertz CT molecular complexity index is 1620. The van der Waals surface area contributed by atoms with Crippen molar-refractivity contribution >= 4 is 32.2 Å². The second-order valence-electron chi connectivity index (χ2n) is 12.8. The number of hydrogen-bond donors (Lipinski definition) is 0. The number of aromatic nitrogens is 1. The zero-order valence-corrected chi connectivity index (χ0v) is 25.3. The lowest BCUT2D eigenvalue weighted by Crippen LogP contribution is -2.09. The van der Waals surface area contributed by atoms with Crippen molar-refractivity contribution in [2.24, 2.45) is 5.41 Å². The number of thiophene rings is 1. The molecule has 0 aliphatic carbocycles. The van der Waals surface area contributed by atoms with Crippen LogP contribution in [-0.4, -0.2) is 4.98 Å². The van der Waals surface area contributed by atoms with Crippen molar-refractivity contribution in [1.82, 2.24) is 4.98 Å². The Balaban J connectivity index is 1.76. The Hall–Kier alpha value is -2.97. The third-order valence-corrected chi connectivity index (χ3v) is 8.81. The molecule has 0 aliphatic rings. The molecule has 196 valence electrons. The van der Waals surface area contributed by atoms with Crippen molar-refractivity contribution in [1.29, 1.82) is 0 Å². The van der Waals surface area contributed by atoms with Crippen molar-refractivity contribution in [3.05, 3.63) is 88.6 Å². The van der Waals surface area contributed by atoms with Crippen LogP contribution in [0.1, 0.15) is 88.1 Å². The number of benzene rings is 3. The first-order valence-corrected chi connectivity index (χ1v) is 14.8. The Morgan fingerprint density at radius 3 is 2.13 bits per heavy atom. The molecule has 0 unspecified atom stereocenters. The highest BCUT2D eigenvalue weighted by Crippen LogP contribution is 2.47. The van der Waals surface area contributed by atoms with Gasteiger partial charge in [-0.2, -0.15) is 0 Å². The molecule has 2 aromatic heterocycles. The Morgan fingerprint density at radius 1 is 0.816 bits per heavy atom. The van der Waals surface area contributed by atoms with E-state index in [1.54, 1.807) is 0 Å². The summed E-state index contributed by atoms with van der Waals surface area (Å²) < 4.78 is 1.30. The Labute approximate surface area is 233 Å². The molecule has 0 spiro atoms. The maximum Gasteiger partial charge on any atom is 0.0880 e. The van der Waals surface area contributed by atoms with Gasteiger partial charge in [0, 0.05) is 22.0 Å². The van der Waals surface area contributed by atoms with Crippen LogP contribution in [0.5, 0.6) is 0 Å². The summed E-state index contributed by atoms with van der Waals surface area (Å²) in [5.74, 6) is 0.867. The first-order chi connectivity index (χ1) is 17.9. The largest absolute Gasteiger partial charge is 0.255 e. The van der Waals surface area contributed by atoms with Crippen LogP contribution in [0.3, 0.4) is 0 Å². The molecule has 0 N–H and O–H groups in total. The monoisotopic (exact) mass is 519 g/mol. The highest BCUT2D eigenvalue weighted by Gasteiger charge is 2.23. The molecule has 5 rings (SSSR count). The first kappa shape index (κ1) is 26.6. The second kappa shape index (κ2) is 9.97. The standard InChI is InChI=1S/C36H41NS/c1-21(2)30-19-27(18-26-12-10-11-13-28(26)30)33-34-29(14-15-37-33)31(22(3)4)35(38-34)32-23(5)16-25(17-24(32)6)20-36(7,8)9/h10-19,21-22H,20H2,1-9H3. The lowest BCUT2D eigenvalue weighted by atomic mass is 9.85. The van der Waals surface area contributed by atoms with E-state index in [2.05, 4.69) is 117 Å². The van der Waals surface area contributed by atoms with Crippen molar-refractivity contribution in [3.8, 4) is 21.7 Å². The van der Waals surface area contributed by atoms with Gasteiger partial charge in [0.2, 0.25) is 0 Å². The van der Waals surface area contributed by atoms with E-state index in [1.165, 1.54) is 64.7 Å². The number of aryl methyl sites for hydroxylation is 2. The maximum absolute atomic E-state index is 5.00. The van der Waals surface area contributed by atoms with E-state index in [0.29, 0.717) is 11.8 Å². The molecule has 2 heterocycles. The van der Waals surface area contributed by atoms with E-state index < -0.39 is 0 Å². The van der Waals surface area contributed by atoms with Crippen molar-refractivity contribution in [3.63, 3.8) is 0 Å². The second-order valence-corrected chi connectivity index (χ2v) is 13.8. The summed E-state index contributed by atoms with van der Waals surface area (Å²) >= 11 is 1.93. The summed E-state index contributed by atoms with van der Waals surface area (Å²) in [6.07, 6.45) is 3.10. The summed E-state index contributed by atoms with van der Waals surface area (Å²) in [6, 6.07) is 20.5. The van der Waals surface area contributed by atoms with Crippen LogP contribution in [0.4, 0.5) is 0 Å². The molecule has 0 aliphatic heterocycles. The van der Waals surface area contributed by atoms with Crippen LogP contribution in [0, 0.1) is 19.3 Å². The minimum atomic E-state index is 0.274. The van der Waals surface area contributed by atoms with Gasteiger partial charge in [-0.15, -0.1) is 11.3 Å². The van der Waals surface area contributed by atoms with Crippen LogP contribution in [-0.2, 0) is 6.42 Å². The fraction of sp³-hybridized carbons (Fsp3) is 0.361. The lowest BCUT2D eigenvalue weighted by molar-refractivity contribution is 0.411. The third kappa shape index (κ3) is 4.92. The molecule has 3 aromatic carbocycles. The highest BCUT2D eigenvalue weighted by molar-refractivity contribution is 7.23. The van der Waals surface area contributed by atoms with Crippen LogP contribution in [0.15, 0.2) is 60.8 Å². The van der Waals surface area contributed by atoms with Gasteiger partial charge < -0.3 is 0 Å². The molecule has 5 aromatic rings. The summed E-state index contributed by atoms with van der Waals surface area (Å²) in [5.41, 5.74) is 11.0. The van der Waals surface area contributed by atoms with E-state index in [0.717, 1.165) is 12.1 Å². The molecule has 2 heteroatoms. The average molecular weight is 520 g/mol. The summed E-state index contributed by atoms with van der Waals surface area (Å²) in [6.45, 7) is 20.8.